The van der Waals surface area contributed by atoms with E-state index in [9.17, 15) is 4.79 Å². The van der Waals surface area contributed by atoms with E-state index in [1.165, 1.54) is 16.7 Å². The predicted octanol–water partition coefficient (Wildman–Crippen LogP) is 5.95. The summed E-state index contributed by atoms with van der Waals surface area (Å²) in [4.78, 5) is 11.1. The average molecular weight is 354 g/mol. The smallest absolute Gasteiger partial charge is 0.331 e. The second-order valence-electron chi connectivity index (χ2n) is 6.48. The van der Waals surface area contributed by atoms with Crippen LogP contribution in [-0.4, -0.2) is 18.2 Å². The summed E-state index contributed by atoms with van der Waals surface area (Å²) in [6.07, 6.45) is 10.4. The number of carboxylic acid groups (broad SMARTS) is 1. The van der Waals surface area contributed by atoms with Crippen LogP contribution in [0.25, 0.3) is 6.08 Å². The molecule has 0 aliphatic rings. The Hall–Kier alpha value is -2.55. The van der Waals surface area contributed by atoms with Crippen molar-refractivity contribution in [2.24, 2.45) is 0 Å². The van der Waals surface area contributed by atoms with Gasteiger partial charge in [0.15, 0.2) is 0 Å². The van der Waals surface area contributed by atoms with Crippen molar-refractivity contribution in [3.05, 3.63) is 69.3 Å². The molecule has 1 rings (SSSR count). The summed E-state index contributed by atoms with van der Waals surface area (Å²) in [7, 11) is 1.70. The summed E-state index contributed by atoms with van der Waals surface area (Å²) in [5, 5.41) is 9.15. The molecule has 3 heteroatoms. The van der Waals surface area contributed by atoms with Crippen molar-refractivity contribution in [2.45, 2.75) is 48.0 Å². The van der Waals surface area contributed by atoms with E-state index in [0.29, 0.717) is 12.0 Å². The van der Waals surface area contributed by atoms with Gasteiger partial charge in [0.2, 0.25) is 0 Å². The number of aryl methyl sites for hydroxylation is 1. The number of hydrogen-bond acceptors (Lipinski definition) is 2. The molecule has 1 aromatic rings. The molecule has 0 amide bonds. The van der Waals surface area contributed by atoms with Gasteiger partial charge in [0, 0.05) is 5.57 Å². The fourth-order valence-corrected chi connectivity index (χ4v) is 2.85. The molecule has 0 atom stereocenters. The van der Waals surface area contributed by atoms with E-state index < -0.39 is 5.97 Å². The summed E-state index contributed by atoms with van der Waals surface area (Å²) in [5.74, 6) is 0.0656. The van der Waals surface area contributed by atoms with Gasteiger partial charge in [-0.25, -0.2) is 4.79 Å². The molecule has 0 heterocycles. The zero-order valence-corrected chi connectivity index (χ0v) is 16.9. The first-order chi connectivity index (χ1) is 12.2. The molecule has 0 radical (unpaired) electrons. The first-order valence-corrected chi connectivity index (χ1v) is 8.83. The molecule has 0 saturated carbocycles. The van der Waals surface area contributed by atoms with E-state index in [2.05, 4.69) is 39.0 Å². The van der Waals surface area contributed by atoms with Crippen LogP contribution in [0.2, 0.25) is 0 Å². The van der Waals surface area contributed by atoms with Crippen molar-refractivity contribution in [3.8, 4) is 5.75 Å². The van der Waals surface area contributed by atoms with E-state index in [-0.39, 0.29) is 0 Å². The van der Waals surface area contributed by atoms with Crippen molar-refractivity contribution in [1.29, 1.82) is 0 Å². The minimum absolute atomic E-state index is 0.447. The van der Waals surface area contributed by atoms with Gasteiger partial charge in [-0.2, -0.15) is 0 Å². The summed E-state index contributed by atoms with van der Waals surface area (Å²) < 4.78 is 5.42. The van der Waals surface area contributed by atoms with Gasteiger partial charge in [0.25, 0.3) is 0 Å². The standard InChI is InChI=1S/C23H30O3/c1-8-20(23(24)25)16(3)11-9-10-15(2)12-13-21-17(4)14-22(26-7)19(6)18(21)5/h9-14H,8H2,1-7H3,(H,24,25). The fraction of sp³-hybridized carbons (Fsp3) is 0.348. The lowest BCUT2D eigenvalue weighted by Gasteiger charge is -2.13. The molecule has 0 aliphatic heterocycles. The van der Waals surface area contributed by atoms with Gasteiger partial charge in [-0.05, 0) is 74.9 Å². The molecule has 0 unspecified atom stereocenters. The summed E-state index contributed by atoms with van der Waals surface area (Å²) >= 11 is 0. The molecule has 0 fully saturated rings. The van der Waals surface area contributed by atoms with Gasteiger partial charge in [0.1, 0.15) is 5.75 Å². The van der Waals surface area contributed by atoms with E-state index >= 15 is 0 Å². The molecule has 26 heavy (non-hydrogen) atoms. The lowest BCUT2D eigenvalue weighted by Crippen LogP contribution is -2.01. The highest BCUT2D eigenvalue weighted by Gasteiger charge is 2.08. The molecule has 0 saturated heterocycles. The van der Waals surface area contributed by atoms with E-state index in [1.54, 1.807) is 7.11 Å². The Morgan fingerprint density at radius 3 is 2.35 bits per heavy atom. The SMILES string of the molecule is CCC(C(=O)O)=C(C)C=CC=C(C)C=Cc1c(C)cc(OC)c(C)c1C. The molecule has 0 aliphatic carbocycles. The zero-order valence-electron chi connectivity index (χ0n) is 16.9. The molecule has 140 valence electrons. The quantitative estimate of drug-likeness (QED) is 0.486. The van der Waals surface area contributed by atoms with Crippen molar-refractivity contribution in [1.82, 2.24) is 0 Å². The Morgan fingerprint density at radius 1 is 1.15 bits per heavy atom. The topological polar surface area (TPSA) is 46.5 Å². The normalized spacial score (nSPS) is 13.4. The van der Waals surface area contributed by atoms with E-state index in [1.807, 2.05) is 39.0 Å². The summed E-state index contributed by atoms with van der Waals surface area (Å²) in [6.45, 7) is 12.0. The van der Waals surface area contributed by atoms with Crippen molar-refractivity contribution >= 4 is 12.0 Å². The summed E-state index contributed by atoms with van der Waals surface area (Å²) in [6, 6.07) is 2.06. The monoisotopic (exact) mass is 354 g/mol. The van der Waals surface area contributed by atoms with Crippen molar-refractivity contribution in [3.63, 3.8) is 0 Å². The van der Waals surface area contributed by atoms with Crippen LogP contribution in [-0.2, 0) is 4.79 Å². The number of rotatable bonds is 7. The van der Waals surface area contributed by atoms with Crippen molar-refractivity contribution < 1.29 is 14.6 Å². The van der Waals surface area contributed by atoms with Gasteiger partial charge >= 0.3 is 5.97 Å². The van der Waals surface area contributed by atoms with Gasteiger partial charge in [-0.15, -0.1) is 0 Å². The maximum Gasteiger partial charge on any atom is 0.331 e. The molecule has 0 aromatic heterocycles. The lowest BCUT2D eigenvalue weighted by molar-refractivity contribution is -0.132. The first-order valence-electron chi connectivity index (χ1n) is 8.83. The van der Waals surface area contributed by atoms with Crippen LogP contribution >= 0.6 is 0 Å². The van der Waals surface area contributed by atoms with Crippen LogP contribution in [0.3, 0.4) is 0 Å². The van der Waals surface area contributed by atoms with Crippen LogP contribution in [0.4, 0.5) is 0 Å². The van der Waals surface area contributed by atoms with Crippen molar-refractivity contribution in [2.75, 3.05) is 7.11 Å². The maximum atomic E-state index is 11.1. The molecular weight excluding hydrogens is 324 g/mol. The Bertz CT molecular complexity index is 790. The maximum absolute atomic E-state index is 11.1. The number of benzene rings is 1. The third-order valence-electron chi connectivity index (χ3n) is 4.63. The lowest BCUT2D eigenvalue weighted by atomic mass is 9.96. The predicted molar refractivity (Wildman–Crippen MR) is 110 cm³/mol. The Morgan fingerprint density at radius 2 is 1.81 bits per heavy atom. The average Bonchev–Trinajstić information content (AvgIpc) is 2.58. The van der Waals surface area contributed by atoms with E-state index in [0.717, 1.165) is 22.5 Å². The van der Waals surface area contributed by atoms with Gasteiger partial charge in [0.05, 0.1) is 7.11 Å². The van der Waals surface area contributed by atoms with Crippen LogP contribution in [0, 0.1) is 20.8 Å². The molecule has 1 aromatic carbocycles. The Labute approximate surface area is 157 Å². The fourth-order valence-electron chi connectivity index (χ4n) is 2.85. The number of carboxylic acids is 1. The number of allylic oxidation sites excluding steroid dienone is 6. The largest absolute Gasteiger partial charge is 0.496 e. The molecule has 0 spiro atoms. The highest BCUT2D eigenvalue weighted by Crippen LogP contribution is 2.28. The van der Waals surface area contributed by atoms with Gasteiger partial charge < -0.3 is 9.84 Å². The van der Waals surface area contributed by atoms with E-state index in [4.69, 9.17) is 9.84 Å². The second-order valence-corrected chi connectivity index (χ2v) is 6.48. The Balaban J connectivity index is 3.03. The molecule has 0 bridgehead atoms. The van der Waals surface area contributed by atoms with Gasteiger partial charge in [-0.1, -0.05) is 42.9 Å². The van der Waals surface area contributed by atoms with Crippen LogP contribution < -0.4 is 4.74 Å². The highest BCUT2D eigenvalue weighted by molar-refractivity contribution is 5.87. The number of methoxy groups -OCH3 is 1. The minimum Gasteiger partial charge on any atom is -0.496 e. The third-order valence-corrected chi connectivity index (χ3v) is 4.63. The second kappa shape index (κ2) is 9.81. The Kier molecular flexibility index (Phi) is 8.11. The minimum atomic E-state index is -0.851. The summed E-state index contributed by atoms with van der Waals surface area (Å²) in [5.41, 5.74) is 7.07. The van der Waals surface area contributed by atoms with Crippen LogP contribution in [0.15, 0.2) is 47.1 Å². The third kappa shape index (κ3) is 5.48. The zero-order chi connectivity index (χ0) is 19.9. The van der Waals surface area contributed by atoms with Crippen LogP contribution in [0.5, 0.6) is 5.75 Å². The van der Waals surface area contributed by atoms with Crippen LogP contribution in [0.1, 0.15) is 49.4 Å². The number of hydrogen-bond donors (Lipinski definition) is 1. The molecular formula is C23H30O3. The van der Waals surface area contributed by atoms with Gasteiger partial charge in [-0.3, -0.25) is 0 Å². The highest BCUT2D eigenvalue weighted by atomic mass is 16.5. The molecule has 1 N–H and O–H groups in total. The number of carbonyl (C=O) groups is 1. The number of aliphatic carboxylic acids is 1. The molecule has 3 nitrogen and oxygen atoms in total. The number of ether oxygens (including phenoxy) is 1. The first kappa shape index (κ1) is 21.5.